The second-order valence-corrected chi connectivity index (χ2v) is 6.73. The molecule has 0 radical (unpaired) electrons. The van der Waals surface area contributed by atoms with Gasteiger partial charge in [0.15, 0.2) is 0 Å². The van der Waals surface area contributed by atoms with E-state index in [0.29, 0.717) is 27.8 Å². The molecule has 0 saturated carbocycles. The molecule has 28 heavy (non-hydrogen) atoms. The SMILES string of the molecule is CCCOc1ccc2cc(C(=O)Nc3cc([N+](=O)[O-])ccc3Br)c(=O)oc2c1. The number of carbonyl (C=O) groups is 1. The summed E-state index contributed by atoms with van der Waals surface area (Å²) in [5.41, 5.74) is -0.760. The van der Waals surface area contributed by atoms with Gasteiger partial charge in [-0.05, 0) is 46.6 Å². The quantitative estimate of drug-likeness (QED) is 0.338. The number of hydrogen-bond donors (Lipinski definition) is 1. The molecule has 9 heteroatoms. The summed E-state index contributed by atoms with van der Waals surface area (Å²) < 4.78 is 11.2. The van der Waals surface area contributed by atoms with Crippen molar-refractivity contribution >= 4 is 44.2 Å². The molecule has 1 heterocycles. The summed E-state index contributed by atoms with van der Waals surface area (Å²) in [6, 6.07) is 10.3. The third-order valence-electron chi connectivity index (χ3n) is 3.83. The molecule has 0 saturated heterocycles. The fourth-order valence-electron chi connectivity index (χ4n) is 2.47. The minimum Gasteiger partial charge on any atom is -0.493 e. The third kappa shape index (κ3) is 4.20. The van der Waals surface area contributed by atoms with Gasteiger partial charge in [0, 0.05) is 28.1 Å². The number of carbonyl (C=O) groups excluding carboxylic acids is 1. The van der Waals surface area contributed by atoms with E-state index in [1.165, 1.54) is 24.3 Å². The van der Waals surface area contributed by atoms with E-state index < -0.39 is 16.5 Å². The molecule has 0 atom stereocenters. The predicted octanol–water partition coefficient (Wildman–Crippen LogP) is 4.50. The molecule has 1 N–H and O–H groups in total. The van der Waals surface area contributed by atoms with Crippen molar-refractivity contribution in [3.05, 3.63) is 73.0 Å². The van der Waals surface area contributed by atoms with Crippen LogP contribution in [-0.2, 0) is 0 Å². The first-order valence-corrected chi connectivity index (χ1v) is 9.14. The number of amides is 1. The van der Waals surface area contributed by atoms with Gasteiger partial charge in [0.25, 0.3) is 11.6 Å². The lowest BCUT2D eigenvalue weighted by molar-refractivity contribution is -0.384. The lowest BCUT2D eigenvalue weighted by atomic mass is 10.1. The number of benzene rings is 2. The highest BCUT2D eigenvalue weighted by atomic mass is 79.9. The first-order valence-electron chi connectivity index (χ1n) is 8.35. The Labute approximate surface area is 167 Å². The van der Waals surface area contributed by atoms with Gasteiger partial charge < -0.3 is 14.5 Å². The van der Waals surface area contributed by atoms with Gasteiger partial charge >= 0.3 is 5.63 Å². The largest absolute Gasteiger partial charge is 0.493 e. The second-order valence-electron chi connectivity index (χ2n) is 5.87. The molecule has 0 unspecified atom stereocenters. The van der Waals surface area contributed by atoms with Gasteiger partial charge in [-0.15, -0.1) is 0 Å². The van der Waals surface area contributed by atoms with E-state index in [-0.39, 0.29) is 16.9 Å². The molecule has 0 aliphatic rings. The molecule has 0 aliphatic carbocycles. The van der Waals surface area contributed by atoms with E-state index in [1.54, 1.807) is 18.2 Å². The van der Waals surface area contributed by atoms with Crippen molar-refractivity contribution in [2.75, 3.05) is 11.9 Å². The summed E-state index contributed by atoms with van der Waals surface area (Å²) >= 11 is 3.21. The topological polar surface area (TPSA) is 112 Å². The van der Waals surface area contributed by atoms with Crippen molar-refractivity contribution in [2.45, 2.75) is 13.3 Å². The molecule has 0 spiro atoms. The molecule has 2 aromatic carbocycles. The number of nitro groups is 1. The summed E-state index contributed by atoms with van der Waals surface area (Å²) in [4.78, 5) is 35.1. The van der Waals surface area contributed by atoms with Gasteiger partial charge in [0.2, 0.25) is 0 Å². The van der Waals surface area contributed by atoms with Crippen LogP contribution in [0.3, 0.4) is 0 Å². The van der Waals surface area contributed by atoms with Gasteiger partial charge in [0.1, 0.15) is 16.9 Å². The van der Waals surface area contributed by atoms with Crippen LogP contribution in [0.15, 0.2) is 56.1 Å². The molecule has 1 amide bonds. The molecule has 0 aliphatic heterocycles. The minimum absolute atomic E-state index is 0.169. The molecule has 0 fully saturated rings. The zero-order valence-corrected chi connectivity index (χ0v) is 16.3. The summed E-state index contributed by atoms with van der Waals surface area (Å²) in [5, 5.41) is 14.0. The Morgan fingerprint density at radius 3 is 2.75 bits per heavy atom. The van der Waals surface area contributed by atoms with Crippen molar-refractivity contribution in [3.8, 4) is 5.75 Å². The van der Waals surface area contributed by atoms with E-state index in [9.17, 15) is 19.7 Å². The van der Waals surface area contributed by atoms with Gasteiger partial charge in [-0.25, -0.2) is 4.79 Å². The number of nitrogens with one attached hydrogen (secondary N) is 1. The first kappa shape index (κ1) is 19.6. The minimum atomic E-state index is -0.820. The Kier molecular flexibility index (Phi) is 5.74. The maximum atomic E-state index is 12.5. The molecule has 144 valence electrons. The second kappa shape index (κ2) is 8.22. The van der Waals surface area contributed by atoms with Crippen molar-refractivity contribution in [1.82, 2.24) is 0 Å². The number of nitro benzene ring substituents is 1. The van der Waals surface area contributed by atoms with Crippen LogP contribution in [0.25, 0.3) is 11.0 Å². The van der Waals surface area contributed by atoms with Crippen LogP contribution >= 0.6 is 15.9 Å². The summed E-state index contributed by atoms with van der Waals surface area (Å²) in [5.74, 6) is -0.168. The monoisotopic (exact) mass is 446 g/mol. The van der Waals surface area contributed by atoms with Crippen LogP contribution in [0.2, 0.25) is 0 Å². The van der Waals surface area contributed by atoms with E-state index in [1.807, 2.05) is 6.92 Å². The van der Waals surface area contributed by atoms with E-state index in [4.69, 9.17) is 9.15 Å². The molecule has 1 aromatic heterocycles. The van der Waals surface area contributed by atoms with Crippen molar-refractivity contribution < 1.29 is 18.9 Å². The normalized spacial score (nSPS) is 10.6. The molecule has 8 nitrogen and oxygen atoms in total. The number of fused-ring (bicyclic) bond motifs is 1. The summed E-state index contributed by atoms with van der Waals surface area (Å²) in [6.45, 7) is 2.51. The Balaban J connectivity index is 1.92. The third-order valence-corrected chi connectivity index (χ3v) is 4.53. The summed E-state index contributed by atoms with van der Waals surface area (Å²) in [7, 11) is 0. The number of ether oxygens (including phenoxy) is 1. The number of rotatable bonds is 6. The van der Waals surface area contributed by atoms with Crippen LogP contribution in [0.1, 0.15) is 23.7 Å². The van der Waals surface area contributed by atoms with Crippen LogP contribution in [0.5, 0.6) is 5.75 Å². The molecular weight excluding hydrogens is 432 g/mol. The number of halogens is 1. The maximum Gasteiger partial charge on any atom is 0.349 e. The maximum absolute atomic E-state index is 12.5. The van der Waals surface area contributed by atoms with E-state index >= 15 is 0 Å². The van der Waals surface area contributed by atoms with Crippen LogP contribution in [0.4, 0.5) is 11.4 Å². The van der Waals surface area contributed by atoms with Crippen LogP contribution < -0.4 is 15.7 Å². The van der Waals surface area contributed by atoms with Crippen molar-refractivity contribution in [1.29, 1.82) is 0 Å². The lowest BCUT2D eigenvalue weighted by Gasteiger charge is -2.08. The van der Waals surface area contributed by atoms with Crippen molar-refractivity contribution in [3.63, 3.8) is 0 Å². The van der Waals surface area contributed by atoms with Gasteiger partial charge in [0.05, 0.1) is 17.2 Å². The fourth-order valence-corrected chi connectivity index (χ4v) is 2.82. The van der Waals surface area contributed by atoms with E-state index in [0.717, 1.165) is 6.42 Å². The number of nitrogens with zero attached hydrogens (tertiary/aromatic N) is 1. The summed E-state index contributed by atoms with van der Waals surface area (Å²) in [6.07, 6.45) is 0.842. The van der Waals surface area contributed by atoms with Crippen molar-refractivity contribution in [2.24, 2.45) is 0 Å². The Bertz CT molecular complexity index is 1130. The Hall–Kier alpha value is -3.20. The van der Waals surface area contributed by atoms with Crippen LogP contribution in [0, 0.1) is 10.1 Å². The van der Waals surface area contributed by atoms with Crippen LogP contribution in [-0.4, -0.2) is 17.4 Å². The Morgan fingerprint density at radius 2 is 2.04 bits per heavy atom. The molecule has 3 rings (SSSR count). The zero-order valence-electron chi connectivity index (χ0n) is 14.7. The zero-order chi connectivity index (χ0) is 20.3. The first-order chi connectivity index (χ1) is 13.4. The van der Waals surface area contributed by atoms with E-state index in [2.05, 4.69) is 21.2 Å². The fraction of sp³-hybridized carbons (Fsp3) is 0.158. The molecule has 0 bridgehead atoms. The highest BCUT2D eigenvalue weighted by molar-refractivity contribution is 9.10. The molecule has 3 aromatic rings. The van der Waals surface area contributed by atoms with Gasteiger partial charge in [-0.1, -0.05) is 6.92 Å². The Morgan fingerprint density at radius 1 is 1.25 bits per heavy atom. The number of hydrogen-bond acceptors (Lipinski definition) is 6. The van der Waals surface area contributed by atoms with Gasteiger partial charge in [-0.2, -0.15) is 0 Å². The molecular formula is C19H15BrN2O6. The highest BCUT2D eigenvalue weighted by Crippen LogP contribution is 2.28. The standard InChI is InChI=1S/C19H15BrN2O6/c1-2-7-27-13-5-3-11-8-14(19(24)28-17(11)10-13)18(23)21-16-9-12(22(25)26)4-6-15(16)20/h3-6,8-10H,2,7H2,1H3,(H,21,23). The predicted molar refractivity (Wildman–Crippen MR) is 107 cm³/mol. The average molecular weight is 447 g/mol. The van der Waals surface area contributed by atoms with Gasteiger partial charge in [-0.3, -0.25) is 14.9 Å². The number of non-ortho nitro benzene ring substituents is 1. The smallest absolute Gasteiger partial charge is 0.349 e. The number of anilines is 1. The average Bonchev–Trinajstić information content (AvgIpc) is 2.67. The lowest BCUT2D eigenvalue weighted by Crippen LogP contribution is -2.21. The highest BCUT2D eigenvalue weighted by Gasteiger charge is 2.17.